The molecule has 2 nitrogen and oxygen atoms in total. The number of fused-ring (bicyclic) bond motifs is 4. The van der Waals surface area contributed by atoms with Crippen molar-refractivity contribution in [2.75, 3.05) is 4.90 Å². The predicted molar refractivity (Wildman–Crippen MR) is 186 cm³/mol. The SMILES string of the molecule is Brc1ccccc1-c1cc(N(c2ccccc2)c2ccc3c(c2)c2ccccc2n3-c2ccccc2)cc2ccccc12. The number of rotatable bonds is 5. The molecule has 0 radical (unpaired) electrons. The van der Waals surface area contributed by atoms with Crippen molar-refractivity contribution in [3.05, 3.63) is 168 Å². The van der Waals surface area contributed by atoms with Gasteiger partial charge in [-0.15, -0.1) is 0 Å². The summed E-state index contributed by atoms with van der Waals surface area (Å²) in [6.07, 6.45) is 0. The largest absolute Gasteiger partial charge is 0.310 e. The Bertz CT molecular complexity index is 2250. The van der Waals surface area contributed by atoms with E-state index in [1.807, 2.05) is 0 Å². The van der Waals surface area contributed by atoms with Gasteiger partial charge in [0.2, 0.25) is 0 Å². The third-order valence-electron chi connectivity index (χ3n) is 8.21. The Labute approximate surface area is 259 Å². The topological polar surface area (TPSA) is 8.17 Å². The van der Waals surface area contributed by atoms with Crippen LogP contribution in [0.1, 0.15) is 0 Å². The Kier molecular flexibility index (Phi) is 6.31. The Morgan fingerprint density at radius 3 is 1.88 bits per heavy atom. The second-order valence-electron chi connectivity index (χ2n) is 10.8. The van der Waals surface area contributed by atoms with E-state index in [9.17, 15) is 0 Å². The molecule has 0 aliphatic carbocycles. The third kappa shape index (κ3) is 4.41. The summed E-state index contributed by atoms with van der Waals surface area (Å²) < 4.78 is 3.45. The number of anilines is 3. The summed E-state index contributed by atoms with van der Waals surface area (Å²) in [7, 11) is 0. The van der Waals surface area contributed by atoms with Gasteiger partial charge in [-0.05, 0) is 88.6 Å². The van der Waals surface area contributed by atoms with Gasteiger partial charge in [0.1, 0.15) is 0 Å². The van der Waals surface area contributed by atoms with Crippen LogP contribution in [0.25, 0.3) is 49.4 Å². The highest BCUT2D eigenvalue weighted by Gasteiger charge is 2.19. The zero-order valence-electron chi connectivity index (χ0n) is 23.4. The molecule has 0 aliphatic rings. The number of hydrogen-bond donors (Lipinski definition) is 0. The molecule has 0 unspecified atom stereocenters. The van der Waals surface area contributed by atoms with Crippen LogP contribution in [0.2, 0.25) is 0 Å². The summed E-state index contributed by atoms with van der Waals surface area (Å²) in [4.78, 5) is 2.38. The van der Waals surface area contributed by atoms with E-state index in [0.717, 1.165) is 27.2 Å². The van der Waals surface area contributed by atoms with Gasteiger partial charge in [0.15, 0.2) is 0 Å². The predicted octanol–water partition coefficient (Wildman–Crippen LogP) is 11.8. The van der Waals surface area contributed by atoms with Gasteiger partial charge in [0.05, 0.1) is 11.0 Å². The summed E-state index contributed by atoms with van der Waals surface area (Å²) in [5.41, 5.74) is 9.27. The first-order chi connectivity index (χ1) is 21.3. The lowest BCUT2D eigenvalue weighted by atomic mass is 9.96. The van der Waals surface area contributed by atoms with Crippen molar-refractivity contribution in [2.45, 2.75) is 0 Å². The Balaban J connectivity index is 1.40. The zero-order chi connectivity index (χ0) is 28.8. The monoisotopic (exact) mass is 614 g/mol. The fourth-order valence-electron chi connectivity index (χ4n) is 6.31. The Hall–Kier alpha value is -5.12. The van der Waals surface area contributed by atoms with E-state index < -0.39 is 0 Å². The van der Waals surface area contributed by atoms with Crippen molar-refractivity contribution in [2.24, 2.45) is 0 Å². The highest BCUT2D eigenvalue weighted by Crippen LogP contribution is 2.43. The first-order valence-electron chi connectivity index (χ1n) is 14.5. The van der Waals surface area contributed by atoms with Crippen molar-refractivity contribution in [3.8, 4) is 16.8 Å². The van der Waals surface area contributed by atoms with Crippen molar-refractivity contribution in [1.29, 1.82) is 0 Å². The average Bonchev–Trinajstić information content (AvgIpc) is 3.39. The number of nitrogens with zero attached hydrogens (tertiary/aromatic N) is 2. The zero-order valence-corrected chi connectivity index (χ0v) is 24.9. The lowest BCUT2D eigenvalue weighted by Crippen LogP contribution is -2.10. The van der Waals surface area contributed by atoms with Crippen LogP contribution >= 0.6 is 15.9 Å². The molecule has 3 heteroatoms. The van der Waals surface area contributed by atoms with Gasteiger partial charge >= 0.3 is 0 Å². The summed E-state index contributed by atoms with van der Waals surface area (Å²) >= 11 is 3.83. The molecule has 1 heterocycles. The number of hydrogen-bond acceptors (Lipinski definition) is 1. The molecule has 0 bridgehead atoms. The molecule has 0 N–H and O–H groups in total. The molecule has 0 fully saturated rings. The second-order valence-corrected chi connectivity index (χ2v) is 11.6. The van der Waals surface area contributed by atoms with Crippen LogP contribution in [0.4, 0.5) is 17.1 Å². The summed E-state index contributed by atoms with van der Waals surface area (Å²) in [6, 6.07) is 58.6. The fourth-order valence-corrected chi connectivity index (χ4v) is 6.80. The molecule has 0 spiro atoms. The lowest BCUT2D eigenvalue weighted by Gasteiger charge is -2.27. The van der Waals surface area contributed by atoms with Gasteiger partial charge in [-0.25, -0.2) is 0 Å². The third-order valence-corrected chi connectivity index (χ3v) is 8.90. The van der Waals surface area contributed by atoms with Gasteiger partial charge in [0, 0.05) is 38.0 Å². The minimum absolute atomic E-state index is 1.08. The molecule has 0 saturated heterocycles. The molecule has 204 valence electrons. The number of halogens is 1. The van der Waals surface area contributed by atoms with E-state index in [2.05, 4.69) is 189 Å². The number of para-hydroxylation sites is 3. The smallest absolute Gasteiger partial charge is 0.0542 e. The first kappa shape index (κ1) is 25.6. The standard InChI is InChI=1S/C40H27BrN2/c41-38-21-11-9-19-34(38)36-27-32(25-28-13-7-8-18-33(28)36)42(29-14-3-1-4-15-29)31-23-24-40-37(26-31)35-20-10-12-22-39(35)43(40)30-16-5-2-6-17-30/h1-27H. The van der Waals surface area contributed by atoms with Gasteiger partial charge in [0.25, 0.3) is 0 Å². The van der Waals surface area contributed by atoms with Crippen LogP contribution in [0.3, 0.4) is 0 Å². The van der Waals surface area contributed by atoms with Gasteiger partial charge < -0.3 is 9.47 Å². The highest BCUT2D eigenvalue weighted by molar-refractivity contribution is 9.10. The molecule has 0 amide bonds. The molecule has 8 rings (SSSR count). The van der Waals surface area contributed by atoms with Gasteiger partial charge in [-0.1, -0.05) is 113 Å². The Morgan fingerprint density at radius 1 is 0.419 bits per heavy atom. The van der Waals surface area contributed by atoms with Crippen LogP contribution in [-0.2, 0) is 0 Å². The molecule has 8 aromatic rings. The van der Waals surface area contributed by atoms with Crippen LogP contribution in [0, 0.1) is 0 Å². The molecular weight excluding hydrogens is 588 g/mol. The molecule has 43 heavy (non-hydrogen) atoms. The van der Waals surface area contributed by atoms with E-state index >= 15 is 0 Å². The first-order valence-corrected chi connectivity index (χ1v) is 15.3. The number of aromatic nitrogens is 1. The van der Waals surface area contributed by atoms with Crippen LogP contribution in [-0.4, -0.2) is 4.57 Å². The summed E-state index contributed by atoms with van der Waals surface area (Å²) in [6.45, 7) is 0. The summed E-state index contributed by atoms with van der Waals surface area (Å²) in [5.74, 6) is 0. The maximum atomic E-state index is 3.83. The Morgan fingerprint density at radius 2 is 1.07 bits per heavy atom. The normalized spacial score (nSPS) is 11.4. The van der Waals surface area contributed by atoms with E-state index in [0.29, 0.717) is 0 Å². The minimum Gasteiger partial charge on any atom is -0.310 e. The second kappa shape index (κ2) is 10.6. The maximum Gasteiger partial charge on any atom is 0.0542 e. The molecular formula is C40H27BrN2. The lowest BCUT2D eigenvalue weighted by molar-refractivity contribution is 1.18. The molecule has 0 atom stereocenters. The highest BCUT2D eigenvalue weighted by atomic mass is 79.9. The van der Waals surface area contributed by atoms with Crippen molar-refractivity contribution in [3.63, 3.8) is 0 Å². The molecule has 0 aliphatic heterocycles. The minimum atomic E-state index is 1.08. The van der Waals surface area contributed by atoms with E-state index in [4.69, 9.17) is 0 Å². The quantitative estimate of drug-likeness (QED) is 0.187. The maximum absolute atomic E-state index is 3.83. The van der Waals surface area contributed by atoms with Crippen molar-refractivity contribution < 1.29 is 0 Å². The van der Waals surface area contributed by atoms with Crippen LogP contribution in [0.15, 0.2) is 168 Å². The van der Waals surface area contributed by atoms with Gasteiger partial charge in [-0.3, -0.25) is 0 Å². The van der Waals surface area contributed by atoms with Crippen molar-refractivity contribution >= 4 is 65.6 Å². The number of benzene rings is 7. The van der Waals surface area contributed by atoms with Crippen molar-refractivity contribution in [1.82, 2.24) is 4.57 Å². The van der Waals surface area contributed by atoms with Crippen LogP contribution in [0.5, 0.6) is 0 Å². The molecule has 0 saturated carbocycles. The van der Waals surface area contributed by atoms with E-state index in [1.165, 1.54) is 43.7 Å². The molecule has 7 aromatic carbocycles. The fraction of sp³-hybridized carbons (Fsp3) is 0. The summed E-state index contributed by atoms with van der Waals surface area (Å²) in [5, 5.41) is 4.90. The van der Waals surface area contributed by atoms with E-state index in [-0.39, 0.29) is 0 Å². The van der Waals surface area contributed by atoms with E-state index in [1.54, 1.807) is 0 Å². The van der Waals surface area contributed by atoms with Gasteiger partial charge in [-0.2, -0.15) is 0 Å². The molecule has 1 aromatic heterocycles. The average molecular weight is 616 g/mol. The van der Waals surface area contributed by atoms with Crippen LogP contribution < -0.4 is 4.90 Å².